The molecule has 0 amide bonds. The quantitative estimate of drug-likeness (QED) is 0.279. The summed E-state index contributed by atoms with van der Waals surface area (Å²) in [5, 5.41) is 0. The molecule has 0 aliphatic carbocycles. The molecule has 162 valence electrons. The number of hydrogen-bond donors (Lipinski definition) is 0. The molecule has 0 spiro atoms. The average molecular weight is 430 g/mol. The highest BCUT2D eigenvalue weighted by atomic mass is 19.1. The lowest BCUT2D eigenvalue weighted by molar-refractivity contribution is 0.0734. The Morgan fingerprint density at radius 2 is 1.66 bits per heavy atom. The number of carbonyl (C=O) groups excluding carboxylic acids is 2. The molecule has 0 N–H and O–H groups in total. The third-order valence-electron chi connectivity index (χ3n) is 5.31. The minimum Gasteiger partial charge on any atom is -0.452 e. The summed E-state index contributed by atoms with van der Waals surface area (Å²) in [6, 6.07) is 16.2. The molecule has 0 atom stereocenters. The number of halogens is 1. The summed E-state index contributed by atoms with van der Waals surface area (Å²) in [7, 11) is 0. The van der Waals surface area contributed by atoms with Crippen LogP contribution in [0.25, 0.3) is 6.08 Å². The van der Waals surface area contributed by atoms with Crippen molar-refractivity contribution in [3.8, 4) is 11.5 Å². The molecule has 1 aliphatic heterocycles. The third kappa shape index (κ3) is 4.33. The molecule has 3 aromatic carbocycles. The van der Waals surface area contributed by atoms with Crippen LogP contribution < -0.4 is 9.47 Å². The Morgan fingerprint density at radius 3 is 2.28 bits per heavy atom. The fraction of sp³-hybridized carbons (Fsp3) is 0.185. The lowest BCUT2D eigenvalue weighted by Crippen LogP contribution is -2.10. The van der Waals surface area contributed by atoms with Crippen LogP contribution in [0.4, 0.5) is 4.39 Å². The standard InChI is InChI=1S/C27H23FO4/c1-16-13-21(31-26(30)18-7-11-20(28)12-8-18)15-22-24(16)25(29)23(32-22)14-17-5-9-19(10-6-17)27(2,3)4/h5-15H,1-4H3/b23-14-. The topological polar surface area (TPSA) is 52.6 Å². The molecule has 4 rings (SSSR count). The molecule has 5 heteroatoms. The van der Waals surface area contributed by atoms with Crippen LogP contribution in [-0.4, -0.2) is 11.8 Å². The van der Waals surface area contributed by atoms with Gasteiger partial charge in [-0.15, -0.1) is 0 Å². The van der Waals surface area contributed by atoms with Crippen molar-refractivity contribution in [1.82, 2.24) is 0 Å². The van der Waals surface area contributed by atoms with Gasteiger partial charge < -0.3 is 9.47 Å². The van der Waals surface area contributed by atoms with Crippen molar-refractivity contribution in [3.05, 3.63) is 100 Å². The number of hydrogen-bond acceptors (Lipinski definition) is 4. The molecule has 32 heavy (non-hydrogen) atoms. The van der Waals surface area contributed by atoms with E-state index in [0.29, 0.717) is 16.9 Å². The first-order valence-corrected chi connectivity index (χ1v) is 10.3. The zero-order chi connectivity index (χ0) is 23.0. The summed E-state index contributed by atoms with van der Waals surface area (Å²) in [6.07, 6.45) is 1.71. The summed E-state index contributed by atoms with van der Waals surface area (Å²) < 4.78 is 24.3. The Balaban J connectivity index is 1.57. The minimum absolute atomic E-state index is 0.0421. The van der Waals surface area contributed by atoms with Crippen LogP contribution in [0.1, 0.15) is 58.2 Å². The number of rotatable bonds is 3. The van der Waals surface area contributed by atoms with E-state index in [4.69, 9.17) is 9.47 Å². The second-order valence-electron chi connectivity index (χ2n) is 8.82. The maximum absolute atomic E-state index is 13.1. The van der Waals surface area contributed by atoms with Crippen LogP contribution in [0.3, 0.4) is 0 Å². The first-order valence-electron chi connectivity index (χ1n) is 10.3. The van der Waals surface area contributed by atoms with Crippen molar-refractivity contribution in [3.63, 3.8) is 0 Å². The molecule has 1 heterocycles. The Hall–Kier alpha value is -3.73. The van der Waals surface area contributed by atoms with Crippen molar-refractivity contribution in [2.45, 2.75) is 33.1 Å². The summed E-state index contributed by atoms with van der Waals surface area (Å²) >= 11 is 0. The normalized spacial score (nSPS) is 14.3. The van der Waals surface area contributed by atoms with Gasteiger partial charge in [-0.05, 0) is 65.4 Å². The summed E-state index contributed by atoms with van der Waals surface area (Å²) in [5.74, 6) is -0.464. The Kier molecular flexibility index (Phi) is 5.43. The smallest absolute Gasteiger partial charge is 0.343 e. The van der Waals surface area contributed by atoms with Gasteiger partial charge in [0.1, 0.15) is 17.3 Å². The van der Waals surface area contributed by atoms with Gasteiger partial charge >= 0.3 is 5.97 Å². The zero-order valence-corrected chi connectivity index (χ0v) is 18.4. The number of benzene rings is 3. The number of allylic oxidation sites excluding steroid dienone is 1. The van der Waals surface area contributed by atoms with Crippen molar-refractivity contribution >= 4 is 17.8 Å². The molecule has 1 aliphatic rings. The summed E-state index contributed by atoms with van der Waals surface area (Å²) in [5.41, 5.74) is 3.41. The van der Waals surface area contributed by atoms with Crippen molar-refractivity contribution in [2.24, 2.45) is 0 Å². The first kappa shape index (κ1) is 21.5. The number of Topliss-reactive ketones (excluding diaryl/α,β-unsaturated/α-hetero) is 1. The lowest BCUT2D eigenvalue weighted by atomic mass is 9.86. The second kappa shape index (κ2) is 8.08. The lowest BCUT2D eigenvalue weighted by Gasteiger charge is -2.18. The monoisotopic (exact) mass is 430 g/mol. The number of carbonyl (C=O) groups is 2. The molecule has 0 saturated carbocycles. The molecule has 0 fully saturated rings. The molecule has 3 aromatic rings. The average Bonchev–Trinajstić information content (AvgIpc) is 3.03. The van der Waals surface area contributed by atoms with Gasteiger partial charge in [-0.1, -0.05) is 45.0 Å². The SMILES string of the molecule is Cc1cc(OC(=O)c2ccc(F)cc2)cc2c1C(=O)/C(=C/c1ccc(C(C)(C)C)cc1)O2. The van der Waals surface area contributed by atoms with Crippen LogP contribution in [0.5, 0.6) is 11.5 Å². The summed E-state index contributed by atoms with van der Waals surface area (Å²) in [6.45, 7) is 8.19. The van der Waals surface area contributed by atoms with Crippen LogP contribution in [-0.2, 0) is 5.41 Å². The van der Waals surface area contributed by atoms with E-state index in [9.17, 15) is 14.0 Å². The van der Waals surface area contributed by atoms with Crippen molar-refractivity contribution in [2.75, 3.05) is 0 Å². The number of fused-ring (bicyclic) bond motifs is 1. The van der Waals surface area contributed by atoms with E-state index >= 15 is 0 Å². The fourth-order valence-corrected chi connectivity index (χ4v) is 3.52. The van der Waals surface area contributed by atoms with E-state index < -0.39 is 11.8 Å². The van der Waals surface area contributed by atoms with Gasteiger partial charge in [0.05, 0.1) is 11.1 Å². The van der Waals surface area contributed by atoms with Crippen molar-refractivity contribution < 1.29 is 23.5 Å². The number of aryl methyl sites for hydroxylation is 1. The number of esters is 1. The molecule has 0 aromatic heterocycles. The fourth-order valence-electron chi connectivity index (χ4n) is 3.52. The Labute approximate surface area is 186 Å². The van der Waals surface area contributed by atoms with Gasteiger partial charge in [0.25, 0.3) is 0 Å². The zero-order valence-electron chi connectivity index (χ0n) is 18.4. The molecule has 0 radical (unpaired) electrons. The van der Waals surface area contributed by atoms with Gasteiger partial charge in [0, 0.05) is 6.07 Å². The molecule has 0 unspecified atom stereocenters. The van der Waals surface area contributed by atoms with Crippen LogP contribution in [0.15, 0.2) is 66.4 Å². The van der Waals surface area contributed by atoms with Crippen LogP contribution >= 0.6 is 0 Å². The van der Waals surface area contributed by atoms with E-state index in [0.717, 1.165) is 5.56 Å². The van der Waals surface area contributed by atoms with Crippen LogP contribution in [0.2, 0.25) is 0 Å². The molecule has 0 saturated heterocycles. The Morgan fingerprint density at radius 1 is 1.00 bits per heavy atom. The molecular formula is C27H23FO4. The maximum atomic E-state index is 13.1. The second-order valence-corrected chi connectivity index (χ2v) is 8.82. The van der Waals surface area contributed by atoms with E-state index in [1.54, 1.807) is 19.1 Å². The van der Waals surface area contributed by atoms with Gasteiger partial charge in [0.2, 0.25) is 5.78 Å². The minimum atomic E-state index is -0.622. The maximum Gasteiger partial charge on any atom is 0.343 e. The molecule has 0 bridgehead atoms. The van der Waals surface area contributed by atoms with Gasteiger partial charge in [-0.3, -0.25) is 4.79 Å². The molecular weight excluding hydrogens is 407 g/mol. The Bertz CT molecular complexity index is 1230. The first-order chi connectivity index (χ1) is 15.1. The van der Waals surface area contributed by atoms with E-state index in [1.807, 2.05) is 24.3 Å². The predicted molar refractivity (Wildman–Crippen MR) is 121 cm³/mol. The summed E-state index contributed by atoms with van der Waals surface area (Å²) in [4.78, 5) is 25.2. The third-order valence-corrected chi connectivity index (χ3v) is 5.31. The highest BCUT2D eigenvalue weighted by molar-refractivity contribution is 6.15. The van der Waals surface area contributed by atoms with E-state index in [1.165, 1.54) is 35.9 Å². The number of ether oxygens (including phenoxy) is 2. The highest BCUT2D eigenvalue weighted by Crippen LogP contribution is 2.38. The largest absolute Gasteiger partial charge is 0.452 e. The van der Waals surface area contributed by atoms with E-state index in [-0.39, 0.29) is 28.3 Å². The van der Waals surface area contributed by atoms with Crippen molar-refractivity contribution in [1.29, 1.82) is 0 Å². The number of ketones is 1. The van der Waals surface area contributed by atoms with E-state index in [2.05, 4.69) is 20.8 Å². The van der Waals surface area contributed by atoms with Crippen LogP contribution in [0, 0.1) is 12.7 Å². The highest BCUT2D eigenvalue weighted by Gasteiger charge is 2.30. The van der Waals surface area contributed by atoms with Gasteiger partial charge in [0.15, 0.2) is 5.76 Å². The van der Waals surface area contributed by atoms with Gasteiger partial charge in [-0.2, -0.15) is 0 Å². The van der Waals surface area contributed by atoms with Gasteiger partial charge in [-0.25, -0.2) is 9.18 Å². The predicted octanol–water partition coefficient (Wildman–Crippen LogP) is 6.27. The molecule has 4 nitrogen and oxygen atoms in total.